The van der Waals surface area contributed by atoms with Crippen molar-refractivity contribution >= 4 is 11.3 Å². The second-order valence-corrected chi connectivity index (χ2v) is 6.18. The molecule has 1 aliphatic heterocycles. The largest absolute Gasteiger partial charge is 0.297 e. The van der Waals surface area contributed by atoms with Gasteiger partial charge in [-0.3, -0.25) is 10.00 Å². The zero-order valence-corrected chi connectivity index (χ0v) is 12.1. The van der Waals surface area contributed by atoms with E-state index in [0.717, 1.165) is 18.9 Å². The quantitative estimate of drug-likeness (QED) is 0.933. The van der Waals surface area contributed by atoms with E-state index in [-0.39, 0.29) is 0 Å². The Bertz CT molecular complexity index is 505. The minimum atomic E-state index is 0.742. The van der Waals surface area contributed by atoms with Crippen LogP contribution >= 0.6 is 11.3 Å². The lowest BCUT2D eigenvalue weighted by atomic mass is 9.92. The van der Waals surface area contributed by atoms with E-state index < -0.39 is 0 Å². The summed E-state index contributed by atoms with van der Waals surface area (Å²) in [4.78, 5) is 6.92. The molecule has 19 heavy (non-hydrogen) atoms. The zero-order valence-electron chi connectivity index (χ0n) is 11.3. The molecule has 0 radical (unpaired) electrons. The minimum Gasteiger partial charge on any atom is -0.297 e. The maximum Gasteiger partial charge on any atom is 0.0795 e. The van der Waals surface area contributed by atoms with Crippen LogP contribution in [0.5, 0.6) is 0 Å². The standard InChI is InChI=1S/C14H20N4S/c1-11-6-16-17-14(11)5-12-3-2-4-18(7-12)8-13-9-19-10-15-13/h6,9-10,12H,2-5,7-8H2,1H3,(H,16,17)/t12-/m1/s1. The molecule has 0 aliphatic carbocycles. The Morgan fingerprint density at radius 2 is 2.47 bits per heavy atom. The van der Waals surface area contributed by atoms with Gasteiger partial charge in [0.25, 0.3) is 0 Å². The number of rotatable bonds is 4. The molecule has 0 saturated carbocycles. The highest BCUT2D eigenvalue weighted by atomic mass is 32.1. The van der Waals surface area contributed by atoms with Crippen molar-refractivity contribution in [2.24, 2.45) is 5.92 Å². The average molecular weight is 276 g/mol. The fourth-order valence-corrected chi connectivity index (χ4v) is 3.42. The third-order valence-corrected chi connectivity index (χ3v) is 4.53. The normalized spacial score (nSPS) is 20.8. The molecule has 0 spiro atoms. The minimum absolute atomic E-state index is 0.742. The number of hydrogen-bond acceptors (Lipinski definition) is 4. The molecule has 1 N–H and O–H groups in total. The smallest absolute Gasteiger partial charge is 0.0795 e. The monoisotopic (exact) mass is 276 g/mol. The molecule has 3 rings (SSSR count). The van der Waals surface area contributed by atoms with Gasteiger partial charge in [0.2, 0.25) is 0 Å². The lowest BCUT2D eigenvalue weighted by Crippen LogP contribution is -2.35. The summed E-state index contributed by atoms with van der Waals surface area (Å²) in [5, 5.41) is 9.41. The van der Waals surface area contributed by atoms with Gasteiger partial charge in [0.15, 0.2) is 0 Å². The predicted octanol–water partition coefficient (Wildman–Crippen LogP) is 2.63. The number of thiazole rings is 1. The van der Waals surface area contributed by atoms with Gasteiger partial charge < -0.3 is 0 Å². The first-order chi connectivity index (χ1) is 9.31. The summed E-state index contributed by atoms with van der Waals surface area (Å²) in [6.07, 6.45) is 5.67. The zero-order chi connectivity index (χ0) is 13.1. The maximum absolute atomic E-state index is 4.39. The lowest BCUT2D eigenvalue weighted by Gasteiger charge is -2.32. The second kappa shape index (κ2) is 5.84. The molecule has 2 aromatic rings. The fraction of sp³-hybridized carbons (Fsp3) is 0.571. The highest BCUT2D eigenvalue weighted by molar-refractivity contribution is 7.07. The SMILES string of the molecule is Cc1cn[nH]c1C[C@H]1CCCN(Cc2cscn2)C1. The molecule has 5 heteroatoms. The summed E-state index contributed by atoms with van der Waals surface area (Å²) < 4.78 is 0. The van der Waals surface area contributed by atoms with E-state index in [1.165, 1.54) is 42.9 Å². The van der Waals surface area contributed by atoms with Crippen LogP contribution < -0.4 is 0 Å². The van der Waals surface area contributed by atoms with E-state index in [9.17, 15) is 0 Å². The number of aromatic nitrogens is 3. The van der Waals surface area contributed by atoms with Crippen molar-refractivity contribution in [1.29, 1.82) is 0 Å². The molecule has 1 aliphatic rings. The van der Waals surface area contributed by atoms with Crippen molar-refractivity contribution in [3.05, 3.63) is 34.0 Å². The van der Waals surface area contributed by atoms with Crippen LogP contribution in [0.25, 0.3) is 0 Å². The van der Waals surface area contributed by atoms with E-state index in [1.807, 2.05) is 11.7 Å². The number of nitrogens with one attached hydrogen (secondary N) is 1. The second-order valence-electron chi connectivity index (χ2n) is 5.46. The van der Waals surface area contributed by atoms with Gasteiger partial charge in [-0.1, -0.05) is 0 Å². The predicted molar refractivity (Wildman–Crippen MR) is 77.1 cm³/mol. The van der Waals surface area contributed by atoms with Gasteiger partial charge in [-0.2, -0.15) is 5.10 Å². The van der Waals surface area contributed by atoms with Crippen molar-refractivity contribution in [1.82, 2.24) is 20.1 Å². The fourth-order valence-electron chi connectivity index (χ4n) is 2.87. The van der Waals surface area contributed by atoms with Gasteiger partial charge in [-0.05, 0) is 44.2 Å². The van der Waals surface area contributed by atoms with E-state index >= 15 is 0 Å². The van der Waals surface area contributed by atoms with Gasteiger partial charge in [0, 0.05) is 24.2 Å². The summed E-state index contributed by atoms with van der Waals surface area (Å²) >= 11 is 1.68. The number of hydrogen-bond donors (Lipinski definition) is 1. The van der Waals surface area contributed by atoms with Crippen LogP contribution in [-0.2, 0) is 13.0 Å². The number of H-pyrrole nitrogens is 1. The van der Waals surface area contributed by atoms with E-state index in [4.69, 9.17) is 0 Å². The first-order valence-corrected chi connectivity index (χ1v) is 7.84. The van der Waals surface area contributed by atoms with Gasteiger partial charge in [0.1, 0.15) is 0 Å². The molecule has 1 fully saturated rings. The van der Waals surface area contributed by atoms with E-state index in [0.29, 0.717) is 0 Å². The highest BCUT2D eigenvalue weighted by Gasteiger charge is 2.21. The summed E-state index contributed by atoms with van der Waals surface area (Å²) in [7, 11) is 0. The third kappa shape index (κ3) is 3.22. The van der Waals surface area contributed by atoms with E-state index in [2.05, 4.69) is 32.4 Å². The van der Waals surface area contributed by atoms with Gasteiger partial charge in [-0.25, -0.2) is 4.98 Å². The van der Waals surface area contributed by atoms with Crippen molar-refractivity contribution in [2.75, 3.05) is 13.1 Å². The first-order valence-electron chi connectivity index (χ1n) is 6.89. The summed E-state index contributed by atoms with van der Waals surface area (Å²) in [5.41, 5.74) is 5.73. The Kier molecular flexibility index (Phi) is 3.94. The number of aryl methyl sites for hydroxylation is 1. The molecule has 0 bridgehead atoms. The topological polar surface area (TPSA) is 44.8 Å². The van der Waals surface area contributed by atoms with Crippen molar-refractivity contribution in [3.63, 3.8) is 0 Å². The molecule has 102 valence electrons. The van der Waals surface area contributed by atoms with Crippen LogP contribution in [0.2, 0.25) is 0 Å². The Hall–Kier alpha value is -1.20. The maximum atomic E-state index is 4.39. The molecule has 0 amide bonds. The lowest BCUT2D eigenvalue weighted by molar-refractivity contribution is 0.165. The molecule has 3 heterocycles. The van der Waals surface area contributed by atoms with Crippen LogP contribution in [0.1, 0.15) is 29.8 Å². The average Bonchev–Trinajstić information content (AvgIpc) is 3.03. The van der Waals surface area contributed by atoms with Crippen LogP contribution in [0, 0.1) is 12.8 Å². The molecule has 0 aromatic carbocycles. The number of piperidine rings is 1. The molecular formula is C14H20N4S. The number of likely N-dealkylation sites (tertiary alicyclic amines) is 1. The Balaban J connectivity index is 1.57. The molecule has 1 atom stereocenters. The number of nitrogens with zero attached hydrogens (tertiary/aromatic N) is 3. The first kappa shape index (κ1) is 12.8. The summed E-state index contributed by atoms with van der Waals surface area (Å²) in [6, 6.07) is 0. The van der Waals surface area contributed by atoms with E-state index in [1.54, 1.807) is 11.3 Å². The Labute approximate surface area is 117 Å². The van der Waals surface area contributed by atoms with Crippen LogP contribution in [0.3, 0.4) is 0 Å². The van der Waals surface area contributed by atoms with Crippen LogP contribution in [-0.4, -0.2) is 33.2 Å². The molecule has 1 saturated heterocycles. The summed E-state index contributed by atoms with van der Waals surface area (Å²) in [6.45, 7) is 5.52. The number of aromatic amines is 1. The van der Waals surface area contributed by atoms with Crippen molar-refractivity contribution in [2.45, 2.75) is 32.7 Å². The summed E-state index contributed by atoms with van der Waals surface area (Å²) in [5.74, 6) is 0.742. The third-order valence-electron chi connectivity index (χ3n) is 3.90. The molecule has 2 aromatic heterocycles. The van der Waals surface area contributed by atoms with Crippen LogP contribution in [0.4, 0.5) is 0 Å². The molecular weight excluding hydrogens is 256 g/mol. The van der Waals surface area contributed by atoms with Gasteiger partial charge >= 0.3 is 0 Å². The molecule has 0 unspecified atom stereocenters. The Morgan fingerprint density at radius 3 is 3.21 bits per heavy atom. The van der Waals surface area contributed by atoms with Crippen molar-refractivity contribution in [3.8, 4) is 0 Å². The molecule has 4 nitrogen and oxygen atoms in total. The van der Waals surface area contributed by atoms with Crippen molar-refractivity contribution < 1.29 is 0 Å². The highest BCUT2D eigenvalue weighted by Crippen LogP contribution is 2.22. The Morgan fingerprint density at radius 1 is 1.53 bits per heavy atom. The van der Waals surface area contributed by atoms with Gasteiger partial charge in [0.05, 0.1) is 17.4 Å². The van der Waals surface area contributed by atoms with Crippen LogP contribution in [0.15, 0.2) is 17.1 Å². The van der Waals surface area contributed by atoms with Gasteiger partial charge in [-0.15, -0.1) is 11.3 Å².